The molecular weight excluding hydrogens is 644 g/mol. The molecule has 0 atom stereocenters. The Labute approximate surface area is 283 Å². The standard InChI is InChI=1S/C35H55BrN8O2/c1-2-32(45)17-28-3-7-30(8-4-28)20-43-34-22-37-11-14-40-25-35(26-41-15-12-38-23-34,27-42-16-13-39-24-34)44-21-31-9-5-29(6-10-31)18-33(46)19-36/h3-10,37-44H,2,11-27H2,1H3. The van der Waals surface area contributed by atoms with E-state index in [4.69, 9.17) is 0 Å². The number of nitrogens with one attached hydrogen (secondary N) is 8. The Balaban J connectivity index is 1.38. The topological polar surface area (TPSA) is 130 Å². The average Bonchev–Trinajstić information content (AvgIpc) is 3.08. The van der Waals surface area contributed by atoms with Gasteiger partial charge in [-0.2, -0.15) is 0 Å². The predicted molar refractivity (Wildman–Crippen MR) is 191 cm³/mol. The molecule has 0 spiro atoms. The molecule has 3 heterocycles. The highest BCUT2D eigenvalue weighted by atomic mass is 79.9. The molecule has 46 heavy (non-hydrogen) atoms. The third-order valence-corrected chi connectivity index (χ3v) is 9.57. The summed E-state index contributed by atoms with van der Waals surface area (Å²) in [4.78, 5) is 23.7. The Hall–Kier alpha value is -2.06. The highest BCUT2D eigenvalue weighted by Crippen LogP contribution is 2.12. The number of alkyl halides is 1. The van der Waals surface area contributed by atoms with Crippen LogP contribution in [-0.2, 0) is 35.5 Å². The third kappa shape index (κ3) is 12.5. The molecule has 3 aliphatic rings. The number of hydrogen-bond acceptors (Lipinski definition) is 10. The van der Waals surface area contributed by atoms with Crippen molar-refractivity contribution < 1.29 is 9.59 Å². The van der Waals surface area contributed by atoms with E-state index in [1.54, 1.807) is 0 Å². The minimum absolute atomic E-state index is 0.173. The molecular formula is C35H55BrN8O2. The maximum atomic E-state index is 11.9. The van der Waals surface area contributed by atoms with E-state index in [0.717, 1.165) is 103 Å². The molecule has 11 heteroatoms. The zero-order valence-corrected chi connectivity index (χ0v) is 29.1. The van der Waals surface area contributed by atoms with Crippen molar-refractivity contribution in [2.24, 2.45) is 0 Å². The highest BCUT2D eigenvalue weighted by molar-refractivity contribution is 9.09. The number of ketones is 2. The molecule has 0 aliphatic carbocycles. The van der Waals surface area contributed by atoms with Gasteiger partial charge in [-0.3, -0.25) is 9.59 Å². The fraction of sp³-hybridized carbons (Fsp3) is 0.600. The summed E-state index contributed by atoms with van der Waals surface area (Å²) in [7, 11) is 0. The van der Waals surface area contributed by atoms with E-state index in [-0.39, 0.29) is 22.6 Å². The van der Waals surface area contributed by atoms with Gasteiger partial charge in [0.05, 0.1) is 16.4 Å². The van der Waals surface area contributed by atoms with E-state index in [9.17, 15) is 9.59 Å². The lowest BCUT2D eigenvalue weighted by atomic mass is 9.96. The summed E-state index contributed by atoms with van der Waals surface area (Å²) in [5, 5.41) is 30.6. The van der Waals surface area contributed by atoms with Crippen LogP contribution in [0.2, 0.25) is 0 Å². The van der Waals surface area contributed by atoms with E-state index >= 15 is 0 Å². The Kier molecular flexibility index (Phi) is 15.7. The van der Waals surface area contributed by atoms with Gasteiger partial charge in [0.15, 0.2) is 0 Å². The lowest BCUT2D eigenvalue weighted by Crippen LogP contribution is -2.66. The van der Waals surface area contributed by atoms with Gasteiger partial charge in [-0.05, 0) is 22.3 Å². The summed E-state index contributed by atoms with van der Waals surface area (Å²) in [6, 6.07) is 16.8. The van der Waals surface area contributed by atoms with Gasteiger partial charge in [0.2, 0.25) is 0 Å². The van der Waals surface area contributed by atoms with Gasteiger partial charge in [-0.25, -0.2) is 0 Å². The predicted octanol–water partition coefficient (Wildman–Crippen LogP) is 0.637. The van der Waals surface area contributed by atoms with E-state index in [1.807, 2.05) is 6.92 Å². The number of carbonyl (C=O) groups excluding carboxylic acids is 2. The van der Waals surface area contributed by atoms with Crippen LogP contribution in [0.4, 0.5) is 0 Å². The van der Waals surface area contributed by atoms with Gasteiger partial charge in [0.1, 0.15) is 11.6 Å². The largest absolute Gasteiger partial charge is 0.314 e. The monoisotopic (exact) mass is 698 g/mol. The molecule has 3 aliphatic heterocycles. The third-order valence-electron chi connectivity index (χ3n) is 8.94. The maximum absolute atomic E-state index is 11.9. The molecule has 0 amide bonds. The second kappa shape index (κ2) is 19.7. The van der Waals surface area contributed by atoms with Crippen LogP contribution >= 0.6 is 15.9 Å². The average molecular weight is 700 g/mol. The minimum atomic E-state index is -0.177. The Morgan fingerprint density at radius 2 is 0.870 bits per heavy atom. The van der Waals surface area contributed by atoms with Crippen LogP contribution in [0.1, 0.15) is 35.6 Å². The molecule has 0 saturated carbocycles. The molecule has 3 saturated heterocycles. The number of hydrogen-bond donors (Lipinski definition) is 8. The molecule has 3 fully saturated rings. The van der Waals surface area contributed by atoms with E-state index in [2.05, 4.69) is 107 Å². The zero-order valence-electron chi connectivity index (χ0n) is 27.5. The number of rotatable bonds is 12. The summed E-state index contributed by atoms with van der Waals surface area (Å²) < 4.78 is 0. The number of fused-ring (bicyclic) bond motifs is 15. The molecule has 254 valence electrons. The summed E-state index contributed by atoms with van der Waals surface area (Å²) in [5.74, 6) is 0.465. The van der Waals surface area contributed by atoms with Crippen molar-refractivity contribution >= 4 is 27.5 Å². The first kappa shape index (κ1) is 36.8. The molecule has 0 radical (unpaired) electrons. The van der Waals surface area contributed by atoms with Crippen LogP contribution in [0.5, 0.6) is 0 Å². The van der Waals surface area contributed by atoms with Crippen molar-refractivity contribution in [3.63, 3.8) is 0 Å². The highest BCUT2D eigenvalue weighted by Gasteiger charge is 2.31. The first-order chi connectivity index (χ1) is 22.4. The van der Waals surface area contributed by atoms with Crippen LogP contribution in [0.15, 0.2) is 48.5 Å². The molecule has 2 bridgehead atoms. The number of carbonyl (C=O) groups is 2. The van der Waals surface area contributed by atoms with E-state index in [0.29, 0.717) is 24.6 Å². The van der Waals surface area contributed by atoms with Gasteiger partial charge in [-0.1, -0.05) is 71.4 Å². The first-order valence-electron chi connectivity index (χ1n) is 16.9. The van der Waals surface area contributed by atoms with Crippen LogP contribution in [0, 0.1) is 0 Å². The lowest BCUT2D eigenvalue weighted by molar-refractivity contribution is -0.118. The lowest BCUT2D eigenvalue weighted by Gasteiger charge is -2.39. The van der Waals surface area contributed by atoms with Crippen molar-refractivity contribution in [1.82, 2.24) is 42.5 Å². The van der Waals surface area contributed by atoms with Gasteiger partial charge in [-0.15, -0.1) is 0 Å². The zero-order chi connectivity index (χ0) is 32.5. The van der Waals surface area contributed by atoms with Crippen molar-refractivity contribution in [3.05, 3.63) is 70.8 Å². The number of Topliss-reactive ketones (excluding diaryl/α,β-unsaturated/α-hetero) is 2. The second-order valence-electron chi connectivity index (χ2n) is 12.9. The van der Waals surface area contributed by atoms with Crippen molar-refractivity contribution in [1.29, 1.82) is 0 Å². The molecule has 8 N–H and O–H groups in total. The van der Waals surface area contributed by atoms with Gasteiger partial charge >= 0.3 is 0 Å². The Morgan fingerprint density at radius 3 is 1.17 bits per heavy atom. The van der Waals surface area contributed by atoms with Crippen LogP contribution in [0.25, 0.3) is 0 Å². The summed E-state index contributed by atoms with van der Waals surface area (Å²) >= 11 is 3.26. The molecule has 2 aromatic rings. The van der Waals surface area contributed by atoms with Gasteiger partial charge in [0, 0.05) is 111 Å². The fourth-order valence-corrected chi connectivity index (χ4v) is 6.20. The maximum Gasteiger partial charge on any atom is 0.147 e. The van der Waals surface area contributed by atoms with Crippen molar-refractivity contribution in [2.45, 2.75) is 50.4 Å². The summed E-state index contributed by atoms with van der Waals surface area (Å²) in [5.41, 5.74) is 4.20. The van der Waals surface area contributed by atoms with E-state index in [1.165, 1.54) is 11.1 Å². The number of benzene rings is 2. The minimum Gasteiger partial charge on any atom is -0.314 e. The van der Waals surface area contributed by atoms with Crippen molar-refractivity contribution in [3.8, 4) is 0 Å². The quantitative estimate of drug-likeness (QED) is 0.150. The van der Waals surface area contributed by atoms with Crippen LogP contribution in [0.3, 0.4) is 0 Å². The fourth-order valence-electron chi connectivity index (χ4n) is 6.00. The molecule has 5 rings (SSSR count). The Bertz CT molecular complexity index is 1060. The van der Waals surface area contributed by atoms with E-state index < -0.39 is 0 Å². The SMILES string of the molecule is CCC(=O)Cc1ccc(CNC23CNCCNCC(NCc4ccc(CC(=O)CBr)cc4)(CNCCNC2)CNCCNC3)cc1. The molecule has 2 aromatic carbocycles. The Morgan fingerprint density at radius 1 is 0.565 bits per heavy atom. The van der Waals surface area contributed by atoms with Crippen LogP contribution < -0.4 is 42.5 Å². The van der Waals surface area contributed by atoms with Gasteiger partial charge in [0.25, 0.3) is 0 Å². The molecule has 0 aromatic heterocycles. The normalized spacial score (nSPS) is 23.8. The number of halogens is 1. The van der Waals surface area contributed by atoms with Crippen molar-refractivity contribution in [2.75, 3.05) is 83.9 Å². The molecule has 10 nitrogen and oxygen atoms in total. The summed E-state index contributed by atoms with van der Waals surface area (Å²) in [6.45, 7) is 13.6. The summed E-state index contributed by atoms with van der Waals surface area (Å²) in [6.07, 6.45) is 1.55. The van der Waals surface area contributed by atoms with Crippen LogP contribution in [-0.4, -0.2) is 107 Å². The molecule has 0 unspecified atom stereocenters. The van der Waals surface area contributed by atoms with Gasteiger partial charge < -0.3 is 42.5 Å². The smallest absolute Gasteiger partial charge is 0.147 e. The first-order valence-corrected chi connectivity index (χ1v) is 18.0. The second-order valence-corrected chi connectivity index (χ2v) is 13.4.